The van der Waals surface area contributed by atoms with Gasteiger partial charge in [0.05, 0.1) is 6.61 Å². The minimum absolute atomic E-state index is 0.0513. The molecule has 0 radical (unpaired) electrons. The summed E-state index contributed by atoms with van der Waals surface area (Å²) in [6, 6.07) is 14.8. The molecule has 0 saturated heterocycles. The van der Waals surface area contributed by atoms with Crippen LogP contribution in [0.25, 0.3) is 11.1 Å². The predicted molar refractivity (Wildman–Crippen MR) is 130 cm³/mol. The number of hydrogen-bond donors (Lipinski definition) is 1. The highest BCUT2D eigenvalue weighted by molar-refractivity contribution is 5.82. The number of benzene rings is 2. The second-order valence-electron chi connectivity index (χ2n) is 9.04. The Balaban J connectivity index is 1.62. The minimum atomic E-state index is -1.17. The summed E-state index contributed by atoms with van der Waals surface area (Å²) in [5.41, 5.74) is 3.60. The molecule has 1 atom stereocenters. The monoisotopic (exact) mass is 481 g/mol. The van der Waals surface area contributed by atoms with E-state index >= 15 is 0 Å². The number of carbonyl (C=O) groups is 3. The van der Waals surface area contributed by atoms with E-state index < -0.39 is 29.7 Å². The highest BCUT2D eigenvalue weighted by atomic mass is 16.6. The van der Waals surface area contributed by atoms with E-state index in [1.807, 2.05) is 48.5 Å². The molecule has 0 spiro atoms. The molecule has 0 aromatic heterocycles. The van der Waals surface area contributed by atoms with Gasteiger partial charge >= 0.3 is 18.0 Å². The van der Waals surface area contributed by atoms with E-state index in [2.05, 4.69) is 11.9 Å². The molecule has 0 heterocycles. The van der Waals surface area contributed by atoms with Gasteiger partial charge in [0.25, 0.3) is 0 Å². The highest BCUT2D eigenvalue weighted by Gasteiger charge is 2.31. The lowest BCUT2D eigenvalue weighted by molar-refractivity contribution is -0.161. The Hall–Kier alpha value is -3.65. The van der Waals surface area contributed by atoms with Crippen molar-refractivity contribution in [1.82, 2.24) is 5.32 Å². The van der Waals surface area contributed by atoms with Crippen LogP contribution in [0.3, 0.4) is 0 Å². The maximum atomic E-state index is 12.6. The van der Waals surface area contributed by atoms with Crippen molar-refractivity contribution in [2.45, 2.75) is 38.3 Å². The smallest absolute Gasteiger partial charge is 0.407 e. The van der Waals surface area contributed by atoms with Gasteiger partial charge < -0.3 is 24.3 Å². The Morgan fingerprint density at radius 3 is 2.17 bits per heavy atom. The van der Waals surface area contributed by atoms with Crippen LogP contribution in [0, 0.1) is 0 Å². The zero-order valence-electron chi connectivity index (χ0n) is 20.2. The first-order valence-corrected chi connectivity index (χ1v) is 11.4. The van der Waals surface area contributed by atoms with Crippen LogP contribution in [0.2, 0.25) is 0 Å². The summed E-state index contributed by atoms with van der Waals surface area (Å²) in [5.74, 6) is -1.44. The molecule has 2 aromatic carbocycles. The fourth-order valence-electron chi connectivity index (χ4n) is 3.78. The molecule has 1 N–H and O–H groups in total. The first-order valence-electron chi connectivity index (χ1n) is 11.4. The average Bonchev–Trinajstić information content (AvgIpc) is 3.13. The standard InChI is InChI=1S/C27H31NO7/c1-5-14-33-24(29)17-32-16-23(25(30)35-27(2,3)4)28-26(31)34-15-22-20-12-8-6-10-18(20)19-11-7-9-13-21(19)22/h5-13,22-23H,1,14-17H2,2-4H3,(H,28,31)/t23-/m0/s1. The van der Waals surface area contributed by atoms with Gasteiger partial charge in [0.1, 0.15) is 25.4 Å². The van der Waals surface area contributed by atoms with Crippen LogP contribution in [0.5, 0.6) is 0 Å². The molecule has 0 aliphatic heterocycles. The number of rotatable bonds is 10. The molecule has 0 saturated carbocycles. The fourth-order valence-corrected chi connectivity index (χ4v) is 3.78. The van der Waals surface area contributed by atoms with E-state index in [1.54, 1.807) is 20.8 Å². The number of fused-ring (bicyclic) bond motifs is 3. The van der Waals surface area contributed by atoms with Gasteiger partial charge in [-0.25, -0.2) is 14.4 Å². The summed E-state index contributed by atoms with van der Waals surface area (Å²) in [5, 5.41) is 2.50. The highest BCUT2D eigenvalue weighted by Crippen LogP contribution is 2.44. The van der Waals surface area contributed by atoms with Crippen LogP contribution in [-0.4, -0.2) is 56.1 Å². The lowest BCUT2D eigenvalue weighted by Gasteiger charge is -2.24. The van der Waals surface area contributed by atoms with Gasteiger partial charge in [-0.3, -0.25) is 0 Å². The van der Waals surface area contributed by atoms with E-state index in [4.69, 9.17) is 18.9 Å². The zero-order valence-corrected chi connectivity index (χ0v) is 20.2. The Morgan fingerprint density at radius 2 is 1.60 bits per heavy atom. The molecule has 0 bridgehead atoms. The number of amides is 1. The molecule has 2 aromatic rings. The van der Waals surface area contributed by atoms with Gasteiger partial charge in [0.15, 0.2) is 6.04 Å². The summed E-state index contributed by atoms with van der Waals surface area (Å²) < 4.78 is 21.0. The van der Waals surface area contributed by atoms with Crippen LogP contribution in [-0.2, 0) is 28.5 Å². The van der Waals surface area contributed by atoms with Crippen LogP contribution >= 0.6 is 0 Å². The quantitative estimate of drug-likeness (QED) is 0.311. The van der Waals surface area contributed by atoms with Crippen LogP contribution < -0.4 is 5.32 Å². The molecule has 186 valence electrons. The number of alkyl carbamates (subject to hydrolysis) is 1. The number of carbonyl (C=O) groups excluding carboxylic acids is 3. The van der Waals surface area contributed by atoms with E-state index in [0.717, 1.165) is 22.3 Å². The maximum absolute atomic E-state index is 12.6. The number of nitrogens with one attached hydrogen (secondary N) is 1. The van der Waals surface area contributed by atoms with Crippen LogP contribution in [0.4, 0.5) is 4.79 Å². The molecule has 1 amide bonds. The molecular weight excluding hydrogens is 450 g/mol. The molecule has 1 aliphatic carbocycles. The first kappa shape index (κ1) is 26.0. The summed E-state index contributed by atoms with van der Waals surface area (Å²) in [6.45, 7) is 8.06. The second kappa shape index (κ2) is 11.7. The van der Waals surface area contributed by atoms with Crippen molar-refractivity contribution >= 4 is 18.0 Å². The third-order valence-electron chi connectivity index (χ3n) is 5.19. The fraction of sp³-hybridized carbons (Fsp3) is 0.370. The van der Waals surface area contributed by atoms with Crippen molar-refractivity contribution < 1.29 is 33.3 Å². The van der Waals surface area contributed by atoms with Crippen molar-refractivity contribution in [3.63, 3.8) is 0 Å². The van der Waals surface area contributed by atoms with Gasteiger partial charge in [0, 0.05) is 5.92 Å². The summed E-state index contributed by atoms with van der Waals surface area (Å²) in [7, 11) is 0. The third-order valence-corrected chi connectivity index (χ3v) is 5.19. The summed E-state index contributed by atoms with van der Waals surface area (Å²) >= 11 is 0. The van der Waals surface area contributed by atoms with Crippen molar-refractivity contribution in [2.24, 2.45) is 0 Å². The number of hydrogen-bond acceptors (Lipinski definition) is 7. The van der Waals surface area contributed by atoms with E-state index in [1.165, 1.54) is 6.08 Å². The molecule has 0 fully saturated rings. The van der Waals surface area contributed by atoms with Crippen molar-refractivity contribution in [1.29, 1.82) is 0 Å². The molecule has 35 heavy (non-hydrogen) atoms. The molecule has 0 unspecified atom stereocenters. The number of ether oxygens (including phenoxy) is 4. The average molecular weight is 482 g/mol. The van der Waals surface area contributed by atoms with Crippen LogP contribution in [0.1, 0.15) is 37.8 Å². The van der Waals surface area contributed by atoms with Crippen LogP contribution in [0.15, 0.2) is 61.2 Å². The van der Waals surface area contributed by atoms with E-state index in [0.29, 0.717) is 0 Å². The van der Waals surface area contributed by atoms with Gasteiger partial charge in [-0.2, -0.15) is 0 Å². The SMILES string of the molecule is C=CCOC(=O)COC[C@H](NC(=O)OCC1c2ccccc2-c2ccccc21)C(=O)OC(C)(C)C. The van der Waals surface area contributed by atoms with Gasteiger partial charge in [-0.15, -0.1) is 0 Å². The minimum Gasteiger partial charge on any atom is -0.460 e. The van der Waals surface area contributed by atoms with Crippen molar-refractivity contribution in [3.8, 4) is 11.1 Å². The van der Waals surface area contributed by atoms with Crippen molar-refractivity contribution in [3.05, 3.63) is 72.3 Å². The summed E-state index contributed by atoms with van der Waals surface area (Å²) in [6.07, 6.45) is 0.640. The molecule has 8 heteroatoms. The molecule has 3 rings (SSSR count). The topological polar surface area (TPSA) is 100 Å². The van der Waals surface area contributed by atoms with E-state index in [9.17, 15) is 14.4 Å². The maximum Gasteiger partial charge on any atom is 0.407 e. The second-order valence-corrected chi connectivity index (χ2v) is 9.04. The first-order chi connectivity index (χ1) is 16.7. The predicted octanol–water partition coefficient (Wildman–Crippen LogP) is 3.98. The molecule has 8 nitrogen and oxygen atoms in total. The van der Waals surface area contributed by atoms with Gasteiger partial charge in [-0.1, -0.05) is 61.2 Å². The Kier molecular flexibility index (Phi) is 8.65. The number of esters is 2. The summed E-state index contributed by atoms with van der Waals surface area (Å²) in [4.78, 5) is 36.9. The Bertz CT molecular complexity index is 1030. The third kappa shape index (κ3) is 7.16. The van der Waals surface area contributed by atoms with Gasteiger partial charge in [-0.05, 0) is 43.0 Å². The Morgan fingerprint density at radius 1 is 1.00 bits per heavy atom. The van der Waals surface area contributed by atoms with Gasteiger partial charge in [0.2, 0.25) is 0 Å². The molecular formula is C27H31NO7. The molecule has 1 aliphatic rings. The largest absolute Gasteiger partial charge is 0.460 e. The zero-order chi connectivity index (χ0) is 25.4. The Labute approximate surface area is 205 Å². The van der Waals surface area contributed by atoms with Crippen molar-refractivity contribution in [2.75, 3.05) is 26.4 Å². The lowest BCUT2D eigenvalue weighted by Crippen LogP contribution is -2.47. The normalized spacial score (nSPS) is 13.2. The van der Waals surface area contributed by atoms with E-state index in [-0.39, 0.29) is 32.3 Å². The lowest BCUT2D eigenvalue weighted by atomic mass is 9.98.